The number of nitrogens with zero attached hydrogens (tertiary/aromatic N) is 3. The van der Waals surface area contributed by atoms with Crippen LogP contribution in [-0.4, -0.2) is 98.6 Å². The largest absolute Gasteiger partial charge is 0.417 e. The van der Waals surface area contributed by atoms with Gasteiger partial charge >= 0.3 is 0 Å². The summed E-state index contributed by atoms with van der Waals surface area (Å²) < 4.78 is 6.17. The summed E-state index contributed by atoms with van der Waals surface area (Å²) in [6, 6.07) is 5.94. The summed E-state index contributed by atoms with van der Waals surface area (Å²) in [7, 11) is 0.246. The van der Waals surface area contributed by atoms with Crippen molar-refractivity contribution in [1.29, 1.82) is 0 Å². The van der Waals surface area contributed by atoms with E-state index in [9.17, 15) is 19.2 Å². The van der Waals surface area contributed by atoms with Crippen LogP contribution in [0.3, 0.4) is 0 Å². The van der Waals surface area contributed by atoms with E-state index in [1.807, 2.05) is 32.0 Å². The third kappa shape index (κ3) is 8.36. The van der Waals surface area contributed by atoms with Crippen LogP contribution in [-0.2, 0) is 18.8 Å². The van der Waals surface area contributed by atoms with Crippen molar-refractivity contribution >= 4 is 31.9 Å². The molecule has 3 fully saturated rings. The van der Waals surface area contributed by atoms with E-state index in [1.165, 1.54) is 0 Å². The quantitative estimate of drug-likeness (QED) is 0.210. The first-order chi connectivity index (χ1) is 21.5. The van der Waals surface area contributed by atoms with E-state index in [2.05, 4.69) is 26.1 Å². The molecular weight excluding hydrogens is 584 g/mol. The summed E-state index contributed by atoms with van der Waals surface area (Å²) in [5.74, 6) is -0.140. The number of carbonyl (C=O) groups is 4. The van der Waals surface area contributed by atoms with E-state index in [0.29, 0.717) is 51.0 Å². The molecule has 250 valence electrons. The Labute approximate surface area is 271 Å². The average Bonchev–Trinajstić information content (AvgIpc) is 3.49. The van der Waals surface area contributed by atoms with E-state index < -0.39 is 20.4 Å². The van der Waals surface area contributed by atoms with Gasteiger partial charge in [-0.25, -0.2) is 0 Å². The van der Waals surface area contributed by atoms with Crippen molar-refractivity contribution < 1.29 is 23.6 Å². The SMILES string of the molecule is CCO[Si]1(CCCNC(=O)CCCCCN(C)C(=O)[C@@H]2CCCN2C(=O)[C@@H]2CCCN2C(=O)c2cc(C)cc(C)c2)C(C)C1C. The molecule has 0 bridgehead atoms. The van der Waals surface area contributed by atoms with E-state index >= 15 is 0 Å². The van der Waals surface area contributed by atoms with Crippen LogP contribution in [0.2, 0.25) is 17.1 Å². The van der Waals surface area contributed by atoms with Gasteiger partial charge in [0.25, 0.3) is 5.91 Å². The third-order valence-electron chi connectivity index (χ3n) is 10.5. The van der Waals surface area contributed by atoms with E-state index in [1.54, 1.807) is 21.7 Å². The number of unbranched alkanes of at least 4 members (excludes halogenated alkanes) is 2. The molecule has 4 amide bonds. The van der Waals surface area contributed by atoms with Gasteiger partial charge in [0, 0.05) is 51.8 Å². The van der Waals surface area contributed by atoms with Crippen molar-refractivity contribution in [1.82, 2.24) is 20.0 Å². The number of amides is 4. The molecule has 45 heavy (non-hydrogen) atoms. The Morgan fingerprint density at radius 2 is 1.56 bits per heavy atom. The normalized spacial score (nSPS) is 25.8. The molecule has 0 aromatic heterocycles. The molecule has 1 aromatic rings. The van der Waals surface area contributed by atoms with Gasteiger partial charge in [0.2, 0.25) is 17.7 Å². The molecule has 0 spiro atoms. The van der Waals surface area contributed by atoms with Gasteiger partial charge in [-0.1, -0.05) is 37.5 Å². The molecular formula is C35H56N4O5Si. The van der Waals surface area contributed by atoms with Crippen LogP contribution in [0.5, 0.6) is 0 Å². The summed E-state index contributed by atoms with van der Waals surface area (Å²) in [6.07, 6.45) is 6.81. The Kier molecular flexibility index (Phi) is 12.3. The van der Waals surface area contributed by atoms with E-state index in [4.69, 9.17) is 4.43 Å². The highest BCUT2D eigenvalue weighted by Crippen LogP contribution is 2.61. The topological polar surface area (TPSA) is 99.3 Å². The lowest BCUT2D eigenvalue weighted by Crippen LogP contribution is -2.53. The number of likely N-dealkylation sites (tertiary alicyclic amines) is 2. The fourth-order valence-corrected chi connectivity index (χ4v) is 12.8. The maximum absolute atomic E-state index is 13.8. The highest BCUT2D eigenvalue weighted by Gasteiger charge is 2.62. The Hall–Kier alpha value is -2.72. The first-order valence-electron chi connectivity index (χ1n) is 17.4. The van der Waals surface area contributed by atoms with Crippen molar-refractivity contribution in [2.75, 3.05) is 39.8 Å². The van der Waals surface area contributed by atoms with Gasteiger partial charge in [-0.3, -0.25) is 19.2 Å². The minimum atomic E-state index is -1.56. The third-order valence-corrected chi connectivity index (χ3v) is 16.2. The predicted octanol–water partition coefficient (Wildman–Crippen LogP) is 5.20. The van der Waals surface area contributed by atoms with Crippen LogP contribution in [0, 0.1) is 13.8 Å². The number of carbonyl (C=O) groups excluding carboxylic acids is 4. The van der Waals surface area contributed by atoms with E-state index in [-0.39, 0.29) is 23.6 Å². The Bertz CT molecular complexity index is 1200. The zero-order valence-corrected chi connectivity index (χ0v) is 29.5. The molecule has 2 unspecified atom stereocenters. The minimum absolute atomic E-state index is 0.0311. The zero-order valence-electron chi connectivity index (χ0n) is 28.5. The number of likely N-dealkylation sites (N-methyl/N-ethyl adjacent to an activating group) is 1. The van der Waals surface area contributed by atoms with Crippen LogP contribution in [0.15, 0.2) is 18.2 Å². The smallest absolute Gasteiger partial charge is 0.254 e. The second-order valence-electron chi connectivity index (χ2n) is 13.7. The number of aryl methyl sites for hydroxylation is 2. The summed E-state index contributed by atoms with van der Waals surface area (Å²) in [5.41, 5.74) is 4.11. The minimum Gasteiger partial charge on any atom is -0.417 e. The van der Waals surface area contributed by atoms with Gasteiger partial charge in [-0.05, 0) is 95.0 Å². The number of rotatable bonds is 15. The maximum atomic E-state index is 13.8. The van der Waals surface area contributed by atoms with Crippen LogP contribution in [0.1, 0.15) is 100 Å². The average molecular weight is 641 g/mol. The molecule has 1 aromatic carbocycles. The van der Waals surface area contributed by atoms with Crippen molar-refractivity contribution in [3.63, 3.8) is 0 Å². The molecule has 3 heterocycles. The van der Waals surface area contributed by atoms with Crippen molar-refractivity contribution in [3.8, 4) is 0 Å². The molecule has 3 saturated heterocycles. The van der Waals surface area contributed by atoms with Crippen LogP contribution in [0.25, 0.3) is 0 Å². The second kappa shape index (κ2) is 15.7. The molecule has 4 atom stereocenters. The van der Waals surface area contributed by atoms with Gasteiger partial charge in [-0.15, -0.1) is 0 Å². The number of hydrogen-bond acceptors (Lipinski definition) is 5. The Morgan fingerprint density at radius 1 is 0.911 bits per heavy atom. The van der Waals surface area contributed by atoms with Crippen LogP contribution in [0.4, 0.5) is 0 Å². The van der Waals surface area contributed by atoms with Gasteiger partial charge in [-0.2, -0.15) is 0 Å². The Morgan fingerprint density at radius 3 is 2.20 bits per heavy atom. The maximum Gasteiger partial charge on any atom is 0.254 e. The molecule has 9 nitrogen and oxygen atoms in total. The first kappa shape index (κ1) is 35.1. The Balaban J connectivity index is 1.16. The van der Waals surface area contributed by atoms with Crippen LogP contribution < -0.4 is 5.32 Å². The molecule has 3 aliphatic heterocycles. The standard InChI is InChI=1S/C35H56N4O5Si/c1-7-44-45(27(4)28(45)5)21-13-17-36-32(40)16-9-8-10-18-37(6)34(42)30-14-11-20-39(30)35(43)31-15-12-19-38(31)33(41)29-23-25(2)22-26(3)24-29/h22-24,27-28,30-31H,7-21H2,1-6H3,(H,36,40)/t27?,28?,30-,31-,45?/m0/s1. The lowest BCUT2D eigenvalue weighted by molar-refractivity contribution is -0.145. The summed E-state index contributed by atoms with van der Waals surface area (Å²) >= 11 is 0. The fraction of sp³-hybridized carbons (Fsp3) is 0.714. The summed E-state index contributed by atoms with van der Waals surface area (Å²) in [4.78, 5) is 58.1. The number of benzene rings is 1. The molecule has 4 rings (SSSR count). The zero-order chi connectivity index (χ0) is 32.7. The van der Waals surface area contributed by atoms with E-state index in [0.717, 1.165) is 73.4 Å². The number of nitrogens with one attached hydrogen (secondary N) is 1. The van der Waals surface area contributed by atoms with Crippen molar-refractivity contribution in [2.24, 2.45) is 0 Å². The lowest BCUT2D eigenvalue weighted by Gasteiger charge is -2.32. The van der Waals surface area contributed by atoms with Crippen LogP contribution >= 0.6 is 0 Å². The lowest BCUT2D eigenvalue weighted by atomic mass is 10.1. The summed E-state index contributed by atoms with van der Waals surface area (Å²) in [6.45, 7) is 13.8. The van der Waals surface area contributed by atoms with Gasteiger partial charge in [0.1, 0.15) is 12.1 Å². The molecule has 0 radical (unpaired) electrons. The highest BCUT2D eigenvalue weighted by molar-refractivity contribution is 6.87. The molecule has 0 saturated carbocycles. The predicted molar refractivity (Wildman–Crippen MR) is 179 cm³/mol. The van der Waals surface area contributed by atoms with Gasteiger partial charge < -0.3 is 24.4 Å². The number of hydrogen-bond donors (Lipinski definition) is 1. The van der Waals surface area contributed by atoms with Gasteiger partial charge in [0.15, 0.2) is 8.32 Å². The monoisotopic (exact) mass is 640 g/mol. The van der Waals surface area contributed by atoms with Crippen molar-refractivity contribution in [3.05, 3.63) is 34.9 Å². The second-order valence-corrected chi connectivity index (χ2v) is 18.2. The molecule has 1 N–H and O–H groups in total. The first-order valence-corrected chi connectivity index (χ1v) is 19.6. The van der Waals surface area contributed by atoms with Crippen molar-refractivity contribution in [2.45, 2.75) is 122 Å². The fourth-order valence-electron chi connectivity index (χ4n) is 7.75. The molecule has 10 heteroatoms. The molecule has 3 aliphatic rings. The van der Waals surface area contributed by atoms with Gasteiger partial charge in [0.05, 0.1) is 0 Å². The molecule has 0 aliphatic carbocycles. The highest BCUT2D eigenvalue weighted by atomic mass is 28.4. The summed E-state index contributed by atoms with van der Waals surface area (Å²) in [5, 5.41) is 3.07.